The number of aromatic nitrogens is 1. The van der Waals surface area contributed by atoms with E-state index in [1.54, 1.807) is 17.4 Å². The Morgan fingerprint density at radius 2 is 2.19 bits per heavy atom. The highest BCUT2D eigenvalue weighted by Crippen LogP contribution is 2.12. The van der Waals surface area contributed by atoms with Crippen LogP contribution in [-0.2, 0) is 23.0 Å². The number of hydrogen-bond donors (Lipinski definition) is 3. The van der Waals surface area contributed by atoms with Crippen LogP contribution in [0.4, 0.5) is 0 Å². The highest BCUT2D eigenvalue weighted by Gasteiger charge is 2.15. The fraction of sp³-hybridized carbons (Fsp3) is 0.429. The monoisotopic (exact) mass is 327 g/mol. The summed E-state index contributed by atoms with van der Waals surface area (Å²) in [5.41, 5.74) is 0.863. The van der Waals surface area contributed by atoms with Gasteiger partial charge in [-0.05, 0) is 23.9 Å². The van der Waals surface area contributed by atoms with Gasteiger partial charge in [-0.1, -0.05) is 19.9 Å². The zero-order valence-corrected chi connectivity index (χ0v) is 13.9. The first kappa shape index (κ1) is 16.2. The molecule has 0 aliphatic rings. The number of thiophene rings is 1. The molecule has 0 radical (unpaired) electrons. The van der Waals surface area contributed by atoms with Crippen molar-refractivity contribution < 1.29 is 8.42 Å². The van der Waals surface area contributed by atoms with Crippen molar-refractivity contribution in [3.05, 3.63) is 40.3 Å². The second-order valence-electron chi connectivity index (χ2n) is 5.12. The first-order chi connectivity index (χ1) is 9.97. The Bertz CT molecular complexity index is 646. The molecule has 0 unspecified atom stereocenters. The number of H-pyrrole nitrogens is 1. The minimum absolute atomic E-state index is 0.286. The molecule has 2 aromatic rings. The quantitative estimate of drug-likeness (QED) is 0.695. The summed E-state index contributed by atoms with van der Waals surface area (Å²) in [4.78, 5) is 4.45. The van der Waals surface area contributed by atoms with E-state index in [4.69, 9.17) is 0 Å². The van der Waals surface area contributed by atoms with Crippen molar-refractivity contribution in [2.45, 2.75) is 37.8 Å². The van der Waals surface area contributed by atoms with Crippen LogP contribution in [0.1, 0.15) is 24.4 Å². The number of hydrogen-bond acceptors (Lipinski definition) is 4. The molecule has 0 bridgehead atoms. The molecule has 0 spiro atoms. The lowest BCUT2D eigenvalue weighted by atomic mass is 10.3. The Morgan fingerprint density at radius 3 is 2.86 bits per heavy atom. The van der Waals surface area contributed by atoms with E-state index in [2.05, 4.69) is 15.0 Å². The average Bonchev–Trinajstić information content (AvgIpc) is 3.07. The lowest BCUT2D eigenvalue weighted by molar-refractivity contribution is 0.580. The first-order valence-electron chi connectivity index (χ1n) is 6.90. The Morgan fingerprint density at radius 1 is 1.38 bits per heavy atom. The van der Waals surface area contributed by atoms with Crippen LogP contribution in [0.2, 0.25) is 0 Å². The maximum Gasteiger partial charge on any atom is 0.242 e. The molecule has 0 atom stereocenters. The molecule has 21 heavy (non-hydrogen) atoms. The van der Waals surface area contributed by atoms with Crippen molar-refractivity contribution in [2.75, 3.05) is 6.54 Å². The molecule has 7 heteroatoms. The SMILES string of the molecule is CC(C)NCc1cc(S(=O)(=O)NCCc2cccs2)c[nH]1. The Kier molecular flexibility index (Phi) is 5.58. The standard InChI is InChI=1S/C14H21N3O2S2/c1-11(2)15-9-12-8-14(10-16-12)21(18,19)17-6-5-13-4-3-7-20-13/h3-4,7-8,10-11,15-17H,5-6,9H2,1-2H3. The summed E-state index contributed by atoms with van der Waals surface area (Å²) in [5, 5.41) is 5.23. The molecule has 0 aliphatic carbocycles. The van der Waals surface area contributed by atoms with E-state index in [1.807, 2.05) is 31.4 Å². The Labute approximate surface area is 129 Å². The van der Waals surface area contributed by atoms with Crippen LogP contribution in [0, 0.1) is 0 Å². The van der Waals surface area contributed by atoms with Crippen molar-refractivity contribution in [3.8, 4) is 0 Å². The Hall–Kier alpha value is -1.15. The maximum atomic E-state index is 12.2. The van der Waals surface area contributed by atoms with E-state index in [0.29, 0.717) is 25.6 Å². The van der Waals surface area contributed by atoms with Crippen molar-refractivity contribution in [1.82, 2.24) is 15.0 Å². The minimum atomic E-state index is -3.44. The average molecular weight is 327 g/mol. The fourth-order valence-corrected chi connectivity index (χ4v) is 3.59. The molecule has 0 amide bonds. The minimum Gasteiger partial charge on any atom is -0.363 e. The molecule has 116 valence electrons. The van der Waals surface area contributed by atoms with Gasteiger partial charge in [0, 0.05) is 35.9 Å². The van der Waals surface area contributed by atoms with Gasteiger partial charge in [-0.2, -0.15) is 0 Å². The van der Waals surface area contributed by atoms with Crippen LogP contribution in [0.25, 0.3) is 0 Å². The molecule has 3 N–H and O–H groups in total. The van der Waals surface area contributed by atoms with Gasteiger partial charge in [0.15, 0.2) is 0 Å². The van der Waals surface area contributed by atoms with Gasteiger partial charge < -0.3 is 10.3 Å². The van der Waals surface area contributed by atoms with Crippen molar-refractivity contribution in [2.24, 2.45) is 0 Å². The molecule has 5 nitrogen and oxygen atoms in total. The zero-order chi connectivity index (χ0) is 15.3. The summed E-state index contributed by atoms with van der Waals surface area (Å²) in [6.07, 6.45) is 2.24. The van der Waals surface area contributed by atoms with Gasteiger partial charge in [0.05, 0.1) is 4.90 Å². The first-order valence-corrected chi connectivity index (χ1v) is 9.26. The van der Waals surface area contributed by atoms with Crippen molar-refractivity contribution in [3.63, 3.8) is 0 Å². The molecule has 0 saturated heterocycles. The predicted molar refractivity (Wildman–Crippen MR) is 86.0 cm³/mol. The van der Waals surface area contributed by atoms with Crippen LogP contribution in [0.15, 0.2) is 34.7 Å². The molecule has 0 aliphatic heterocycles. The van der Waals surface area contributed by atoms with Gasteiger partial charge in [0.1, 0.15) is 0 Å². The molecular formula is C14H21N3O2S2. The second-order valence-corrected chi connectivity index (χ2v) is 7.92. The topological polar surface area (TPSA) is 74.0 Å². The van der Waals surface area contributed by atoms with Gasteiger partial charge in [-0.3, -0.25) is 0 Å². The number of aromatic amines is 1. The van der Waals surface area contributed by atoms with E-state index in [0.717, 1.165) is 5.69 Å². The van der Waals surface area contributed by atoms with E-state index in [1.165, 1.54) is 11.1 Å². The maximum absolute atomic E-state index is 12.2. The van der Waals surface area contributed by atoms with E-state index in [-0.39, 0.29) is 4.90 Å². The van der Waals surface area contributed by atoms with Crippen LogP contribution < -0.4 is 10.0 Å². The molecule has 0 fully saturated rings. The van der Waals surface area contributed by atoms with Gasteiger partial charge >= 0.3 is 0 Å². The number of rotatable bonds is 8. The molecule has 0 aromatic carbocycles. The van der Waals surface area contributed by atoms with Crippen molar-refractivity contribution >= 4 is 21.4 Å². The van der Waals surface area contributed by atoms with Gasteiger partial charge in [0.2, 0.25) is 10.0 Å². The number of sulfonamides is 1. The predicted octanol–water partition coefficient (Wildman–Crippen LogP) is 2.10. The van der Waals surface area contributed by atoms with Gasteiger partial charge in [-0.25, -0.2) is 13.1 Å². The zero-order valence-electron chi connectivity index (χ0n) is 12.2. The summed E-state index contributed by atoms with van der Waals surface area (Å²) in [6, 6.07) is 6.00. The highest BCUT2D eigenvalue weighted by atomic mass is 32.2. The summed E-state index contributed by atoms with van der Waals surface area (Å²) in [6.45, 7) is 5.13. The third-order valence-electron chi connectivity index (χ3n) is 2.97. The molecule has 2 heterocycles. The summed E-state index contributed by atoms with van der Waals surface area (Å²) in [5.74, 6) is 0. The van der Waals surface area contributed by atoms with Crippen LogP contribution in [0.5, 0.6) is 0 Å². The summed E-state index contributed by atoms with van der Waals surface area (Å²) in [7, 11) is -3.44. The van der Waals surface area contributed by atoms with Gasteiger partial charge in [0.25, 0.3) is 0 Å². The van der Waals surface area contributed by atoms with Crippen molar-refractivity contribution in [1.29, 1.82) is 0 Å². The number of nitrogens with one attached hydrogen (secondary N) is 3. The molecule has 2 aromatic heterocycles. The highest BCUT2D eigenvalue weighted by molar-refractivity contribution is 7.89. The Balaban J connectivity index is 1.89. The third kappa shape index (κ3) is 4.96. The largest absolute Gasteiger partial charge is 0.363 e. The van der Waals surface area contributed by atoms with E-state index < -0.39 is 10.0 Å². The molecule has 0 saturated carbocycles. The lowest BCUT2D eigenvalue weighted by Crippen LogP contribution is -2.25. The van der Waals surface area contributed by atoms with Crippen LogP contribution in [-0.4, -0.2) is 26.0 Å². The smallest absolute Gasteiger partial charge is 0.242 e. The summed E-state index contributed by atoms with van der Waals surface area (Å²) < 4.78 is 27.0. The van der Waals surface area contributed by atoms with Gasteiger partial charge in [-0.15, -0.1) is 11.3 Å². The second kappa shape index (κ2) is 7.22. The van der Waals surface area contributed by atoms with Crippen LogP contribution in [0.3, 0.4) is 0 Å². The third-order valence-corrected chi connectivity index (χ3v) is 5.35. The summed E-state index contributed by atoms with van der Waals surface area (Å²) >= 11 is 1.63. The van der Waals surface area contributed by atoms with Crippen LogP contribution >= 0.6 is 11.3 Å². The molecular weight excluding hydrogens is 306 g/mol. The van der Waals surface area contributed by atoms with E-state index >= 15 is 0 Å². The lowest BCUT2D eigenvalue weighted by Gasteiger charge is -2.05. The fourth-order valence-electron chi connectivity index (χ4n) is 1.84. The van der Waals surface area contributed by atoms with E-state index in [9.17, 15) is 8.42 Å². The molecule has 2 rings (SSSR count). The normalized spacial score (nSPS) is 12.1.